The summed E-state index contributed by atoms with van der Waals surface area (Å²) >= 11 is 0. The van der Waals surface area contributed by atoms with E-state index < -0.39 is 42.0 Å². The van der Waals surface area contributed by atoms with Gasteiger partial charge in [0, 0.05) is 0 Å². The molecule has 152 valence electrons. The minimum Gasteiger partial charge on any atom is -0.390 e. The van der Waals surface area contributed by atoms with Gasteiger partial charge in [-0.3, -0.25) is 0 Å². The summed E-state index contributed by atoms with van der Waals surface area (Å²) in [6, 6.07) is 7.36. The van der Waals surface area contributed by atoms with Crippen molar-refractivity contribution in [1.29, 1.82) is 0 Å². The molecule has 2 aliphatic carbocycles. The summed E-state index contributed by atoms with van der Waals surface area (Å²) in [5.41, 5.74) is 0. The van der Waals surface area contributed by atoms with Gasteiger partial charge >= 0.3 is 0 Å². The summed E-state index contributed by atoms with van der Waals surface area (Å²) < 4.78 is 53.5. The molecule has 0 radical (unpaired) electrons. The Labute approximate surface area is 162 Å². The molecule has 0 aliphatic heterocycles. The van der Waals surface area contributed by atoms with Crippen LogP contribution in [0.5, 0.6) is 0 Å². The molecule has 0 spiro atoms. The molecule has 1 aromatic rings. The lowest BCUT2D eigenvalue weighted by Gasteiger charge is -2.32. The van der Waals surface area contributed by atoms with Gasteiger partial charge in [-0.2, -0.15) is 0 Å². The van der Waals surface area contributed by atoms with Crippen LogP contribution in [0.1, 0.15) is 46.5 Å². The van der Waals surface area contributed by atoms with Crippen molar-refractivity contribution in [1.82, 2.24) is 4.72 Å². The van der Waals surface area contributed by atoms with Gasteiger partial charge < -0.3 is 5.11 Å². The smallest absolute Gasteiger partial charge is 0.216 e. The first-order chi connectivity index (χ1) is 12.5. The Hall–Kier alpha value is -0.960. The highest BCUT2D eigenvalue weighted by Crippen LogP contribution is 2.47. The largest absolute Gasteiger partial charge is 0.390 e. The average molecular weight is 416 g/mol. The first-order valence-electron chi connectivity index (χ1n) is 9.46. The Morgan fingerprint density at radius 2 is 1.52 bits per heavy atom. The maximum Gasteiger partial charge on any atom is 0.216 e. The number of rotatable bonds is 4. The molecule has 2 saturated carbocycles. The number of aliphatic hydroxyl groups is 1. The topological polar surface area (TPSA) is 101 Å². The van der Waals surface area contributed by atoms with E-state index in [0.717, 1.165) is 19.3 Å². The fourth-order valence-corrected chi connectivity index (χ4v) is 7.66. The van der Waals surface area contributed by atoms with Crippen molar-refractivity contribution in [2.45, 2.75) is 73.5 Å². The van der Waals surface area contributed by atoms with Crippen molar-refractivity contribution in [3.05, 3.63) is 30.3 Å². The summed E-state index contributed by atoms with van der Waals surface area (Å²) in [5.74, 6) is -0.416. The molecule has 1 aromatic carbocycles. The lowest BCUT2D eigenvalue weighted by molar-refractivity contribution is 0.148. The predicted octanol–water partition coefficient (Wildman–Crippen LogP) is 2.10. The van der Waals surface area contributed by atoms with E-state index >= 15 is 0 Å². The third-order valence-electron chi connectivity index (χ3n) is 5.99. The minimum absolute atomic E-state index is 0.172. The van der Waals surface area contributed by atoms with Crippen LogP contribution in [-0.4, -0.2) is 44.1 Å². The molecule has 27 heavy (non-hydrogen) atoms. The van der Waals surface area contributed by atoms with E-state index in [9.17, 15) is 21.9 Å². The molecular weight excluding hydrogens is 386 g/mol. The standard InChI is InChI=1S/C19H29NO5S2/c1-19(2,3)27(24,25)20-16-14-11-7-8-12-15(14)18(17(16)21)26(22,23)13-9-5-4-6-10-13/h4-6,9-10,14-18,20-21H,7-8,11-12H2,1-3H3/t14-,15+,16+,17-,18-/m1/s1. The van der Waals surface area contributed by atoms with Gasteiger partial charge in [-0.15, -0.1) is 0 Å². The van der Waals surface area contributed by atoms with Gasteiger partial charge in [0.05, 0.1) is 27.0 Å². The first kappa shape index (κ1) is 20.8. The molecule has 0 heterocycles. The summed E-state index contributed by atoms with van der Waals surface area (Å²) in [6.45, 7) is 4.77. The normalized spacial score (nSPS) is 32.2. The Balaban J connectivity index is 2.00. The van der Waals surface area contributed by atoms with Crippen molar-refractivity contribution in [3.8, 4) is 0 Å². The summed E-state index contributed by atoms with van der Waals surface area (Å²) in [6.07, 6.45) is 1.96. The van der Waals surface area contributed by atoms with Crippen molar-refractivity contribution >= 4 is 19.9 Å². The predicted molar refractivity (Wildman–Crippen MR) is 104 cm³/mol. The number of benzene rings is 1. The Bertz CT molecular complexity index is 874. The number of aliphatic hydroxyl groups excluding tert-OH is 1. The third kappa shape index (κ3) is 3.69. The molecule has 2 aliphatic rings. The summed E-state index contributed by atoms with van der Waals surface area (Å²) in [5, 5.41) is 10.0. The highest BCUT2D eigenvalue weighted by atomic mass is 32.2. The number of sulfone groups is 1. The van der Waals surface area contributed by atoms with Crippen LogP contribution in [0.4, 0.5) is 0 Å². The molecule has 0 unspecified atom stereocenters. The molecule has 2 fully saturated rings. The highest BCUT2D eigenvalue weighted by Gasteiger charge is 2.57. The van der Waals surface area contributed by atoms with Crippen molar-refractivity contribution in [2.75, 3.05) is 0 Å². The van der Waals surface area contributed by atoms with E-state index in [4.69, 9.17) is 0 Å². The lowest BCUT2D eigenvalue weighted by Crippen LogP contribution is -2.51. The maximum absolute atomic E-state index is 13.3. The number of hydrogen-bond acceptors (Lipinski definition) is 5. The van der Waals surface area contributed by atoms with Crippen LogP contribution < -0.4 is 4.72 Å². The fraction of sp³-hybridized carbons (Fsp3) is 0.684. The van der Waals surface area contributed by atoms with Gasteiger partial charge in [-0.1, -0.05) is 31.0 Å². The van der Waals surface area contributed by atoms with E-state index in [0.29, 0.717) is 6.42 Å². The van der Waals surface area contributed by atoms with Crippen LogP contribution in [0.15, 0.2) is 35.2 Å². The van der Waals surface area contributed by atoms with E-state index in [1.807, 2.05) is 0 Å². The second-order valence-corrected chi connectivity index (χ2v) is 13.3. The van der Waals surface area contributed by atoms with E-state index in [1.54, 1.807) is 39.0 Å². The quantitative estimate of drug-likeness (QED) is 0.784. The van der Waals surface area contributed by atoms with Crippen LogP contribution in [0, 0.1) is 11.8 Å². The minimum atomic E-state index is -3.77. The molecule has 0 saturated heterocycles. The fourth-order valence-electron chi connectivity index (χ4n) is 4.45. The number of sulfonamides is 1. The summed E-state index contributed by atoms with van der Waals surface area (Å²) in [7, 11) is -7.47. The zero-order valence-corrected chi connectivity index (χ0v) is 17.6. The average Bonchev–Trinajstić information content (AvgIpc) is 2.87. The molecule has 0 amide bonds. The lowest BCUT2D eigenvalue weighted by atomic mass is 9.80. The maximum atomic E-state index is 13.3. The SMILES string of the molecule is CC(C)(C)S(=O)(=O)N[C@@H]1[C@@H](O)[C@H](S(=O)(=O)c2ccccc2)[C@H]2CCCC[C@H]21. The monoisotopic (exact) mass is 415 g/mol. The second-order valence-electron chi connectivity index (χ2n) is 8.68. The molecular formula is C19H29NO5S2. The van der Waals surface area contributed by atoms with E-state index in [1.165, 1.54) is 12.1 Å². The third-order valence-corrected chi connectivity index (χ3v) is 10.5. The van der Waals surface area contributed by atoms with Crippen LogP contribution >= 0.6 is 0 Å². The molecule has 6 nitrogen and oxygen atoms in total. The number of fused-ring (bicyclic) bond motifs is 1. The number of nitrogens with one attached hydrogen (secondary N) is 1. The molecule has 8 heteroatoms. The molecule has 3 rings (SSSR count). The van der Waals surface area contributed by atoms with Crippen LogP contribution in [0.25, 0.3) is 0 Å². The van der Waals surface area contributed by atoms with Gasteiger partial charge in [0.1, 0.15) is 0 Å². The zero-order valence-electron chi connectivity index (χ0n) is 16.0. The van der Waals surface area contributed by atoms with Crippen molar-refractivity contribution < 1.29 is 21.9 Å². The van der Waals surface area contributed by atoms with Gasteiger partial charge in [-0.05, 0) is 57.6 Å². The van der Waals surface area contributed by atoms with Gasteiger partial charge in [0.25, 0.3) is 0 Å². The highest BCUT2D eigenvalue weighted by molar-refractivity contribution is 7.92. The van der Waals surface area contributed by atoms with Gasteiger partial charge in [-0.25, -0.2) is 21.6 Å². The molecule has 2 N–H and O–H groups in total. The van der Waals surface area contributed by atoms with Crippen LogP contribution in [0.3, 0.4) is 0 Å². The Morgan fingerprint density at radius 3 is 2.07 bits per heavy atom. The molecule has 0 aromatic heterocycles. The van der Waals surface area contributed by atoms with Gasteiger partial charge in [0.15, 0.2) is 9.84 Å². The van der Waals surface area contributed by atoms with Crippen LogP contribution in [-0.2, 0) is 19.9 Å². The van der Waals surface area contributed by atoms with E-state index in [-0.39, 0.29) is 16.7 Å². The molecule has 0 bridgehead atoms. The van der Waals surface area contributed by atoms with Crippen LogP contribution in [0.2, 0.25) is 0 Å². The van der Waals surface area contributed by atoms with Crippen molar-refractivity contribution in [3.63, 3.8) is 0 Å². The first-order valence-corrected chi connectivity index (χ1v) is 12.5. The second kappa shape index (κ2) is 7.13. The Kier molecular flexibility index (Phi) is 5.49. The van der Waals surface area contributed by atoms with E-state index in [2.05, 4.69) is 4.72 Å². The summed E-state index contributed by atoms with van der Waals surface area (Å²) in [4.78, 5) is 0.178. The molecule has 5 atom stereocenters. The Morgan fingerprint density at radius 1 is 0.963 bits per heavy atom. The van der Waals surface area contributed by atoms with Gasteiger partial charge in [0.2, 0.25) is 10.0 Å². The van der Waals surface area contributed by atoms with Crippen molar-refractivity contribution in [2.24, 2.45) is 11.8 Å². The number of hydrogen-bond donors (Lipinski definition) is 2. The zero-order chi connectivity index (χ0) is 20.0.